The standard InChI is InChI=1S/C24H20N6.C18H16N6.C17H17N5S.C16H14ClN5S.C16H14FN5S.C16H15N5S/c1-17-15-23(29-24(26-17)28-19-5-3-2-4-6-19)27-20-7-8-22-18(16-20)11-14-30(22)21-9-12-25-13-10-21;1-12-10-17(23-18(19)21-12)22-14-2-3-16-13(11-14)6-9-24(16)15-4-7-20-8-5-15;1-12-10-16(22-17(18)20-12)21-14-2-4-15(5-3-14)23-11-13-6-8-19-9-7-13;2*1-10-8-15(22-16(18)20-10)21-11-2-3-14(13(17)9-11)23-12-4-6-19-7-5-12;1-11-10-15(21-16(17)19-11)20-12-2-4-13(5-3-12)22-14-6-8-18-9-7-14/h2-16H,1H3,(H2,26,27,28,29);2-11H,1H3,(H3,19,21,22,23);2-10H,11H2,1H3,(H3,18,20,21,22);2*2-9H,1H3,(H3,18,20,21,22);2-10H,1H3,(H3,17,19,20,21). The number of hydrogen-bond donors (Lipinski definition) is 12. The number of anilines is 19. The van der Waals surface area contributed by atoms with Crippen LogP contribution in [-0.4, -0.2) is 98.8 Å². The van der Waals surface area contributed by atoms with Gasteiger partial charge in [-0.15, -0.1) is 11.8 Å². The third-order valence-electron chi connectivity index (χ3n) is 20.5. The first-order valence-corrected chi connectivity index (χ1v) is 48.8. The molecular weight excluding hydrogens is 1920 g/mol. The maximum absolute atomic E-state index is 14.3. The summed E-state index contributed by atoms with van der Waals surface area (Å²) < 4.78 is 18.5. The predicted molar refractivity (Wildman–Crippen MR) is 584 cm³/mol. The second-order valence-electron chi connectivity index (χ2n) is 31.9. The first-order chi connectivity index (χ1) is 70.5. The molecule has 0 aliphatic rings. The topological polar surface area (TPSA) is 456 Å². The Kier molecular flexibility index (Phi) is 34.1. The second kappa shape index (κ2) is 49.4. The third-order valence-corrected chi connectivity index (χ3v) is 25.2. The van der Waals surface area contributed by atoms with Crippen molar-refractivity contribution in [3.8, 4) is 11.4 Å². The number of aryl methyl sites for hydroxylation is 6. The maximum atomic E-state index is 14.3. The molecule has 21 rings (SSSR count). The van der Waals surface area contributed by atoms with Crippen molar-refractivity contribution in [2.24, 2.45) is 0 Å². The summed E-state index contributed by atoms with van der Waals surface area (Å²) in [6, 6.07) is 88.3. The van der Waals surface area contributed by atoms with Gasteiger partial charge in [0.25, 0.3) is 0 Å². The molecular formula is C107H96ClFN32S4. The van der Waals surface area contributed by atoms with E-state index in [1.165, 1.54) is 28.3 Å². The molecule has 145 heavy (non-hydrogen) atoms. The van der Waals surface area contributed by atoms with E-state index in [9.17, 15) is 4.39 Å². The molecule has 14 aromatic heterocycles. The van der Waals surface area contributed by atoms with Crippen molar-refractivity contribution >= 4 is 191 Å². The van der Waals surface area contributed by atoms with Crippen LogP contribution >= 0.6 is 58.6 Å². The van der Waals surface area contributed by atoms with Gasteiger partial charge < -0.3 is 75.0 Å². The molecule has 0 fully saturated rings. The predicted octanol–water partition coefficient (Wildman–Crippen LogP) is 24.6. The molecule has 0 spiro atoms. The summed E-state index contributed by atoms with van der Waals surface area (Å²) in [7, 11) is 0. The average Bonchev–Trinajstić information content (AvgIpc) is 1.66. The number of thioether (sulfide) groups is 1. The fourth-order valence-electron chi connectivity index (χ4n) is 14.2. The zero-order valence-electron chi connectivity index (χ0n) is 79.0. The molecule has 0 atom stereocenters. The zero-order chi connectivity index (χ0) is 101. The number of nitrogens with zero attached hydrogens (tertiary/aromatic N) is 20. The van der Waals surface area contributed by atoms with Gasteiger partial charge in [-0.3, -0.25) is 29.9 Å². The van der Waals surface area contributed by atoms with Gasteiger partial charge >= 0.3 is 0 Å². The van der Waals surface area contributed by atoms with E-state index in [-0.39, 0.29) is 35.6 Å². The number of fused-ring (bicyclic) bond motifs is 2. The fraction of sp³-hybridized carbons (Fsp3) is 0.0654. The molecule has 0 radical (unpaired) electrons. The number of aromatic nitrogens is 20. The molecule has 7 aromatic carbocycles. The lowest BCUT2D eigenvalue weighted by molar-refractivity contribution is 0.602. The highest BCUT2D eigenvalue weighted by Crippen LogP contribution is 2.38. The molecule has 17 N–H and O–H groups in total. The molecule has 0 aliphatic carbocycles. The van der Waals surface area contributed by atoms with Crippen LogP contribution in [0, 0.1) is 47.4 Å². The summed E-state index contributed by atoms with van der Waals surface area (Å²) in [5, 5.41) is 25.5. The summed E-state index contributed by atoms with van der Waals surface area (Å²) in [6.07, 6.45) is 25.4. The lowest BCUT2D eigenvalue weighted by Crippen LogP contribution is -2.02. The largest absolute Gasteiger partial charge is 0.368 e. The van der Waals surface area contributed by atoms with Crippen LogP contribution in [0.3, 0.4) is 0 Å². The van der Waals surface area contributed by atoms with Crippen molar-refractivity contribution < 1.29 is 4.39 Å². The van der Waals surface area contributed by atoms with Gasteiger partial charge in [0.1, 0.15) is 40.7 Å². The van der Waals surface area contributed by atoms with Crippen molar-refractivity contribution in [2.45, 2.75) is 81.6 Å². The van der Waals surface area contributed by atoms with E-state index in [1.54, 1.807) is 115 Å². The number of pyridine rings is 6. The van der Waals surface area contributed by atoms with Crippen LogP contribution in [0.4, 0.5) is 115 Å². The van der Waals surface area contributed by atoms with Gasteiger partial charge in [-0.25, -0.2) is 34.3 Å². The number of halogens is 2. The summed E-state index contributed by atoms with van der Waals surface area (Å²) in [6.45, 7) is 11.3. The van der Waals surface area contributed by atoms with Crippen LogP contribution in [0.1, 0.15) is 39.7 Å². The minimum Gasteiger partial charge on any atom is -0.368 e. The number of benzene rings is 7. The van der Waals surface area contributed by atoms with Crippen molar-refractivity contribution in [2.75, 3.05) is 65.9 Å². The van der Waals surface area contributed by atoms with E-state index in [1.807, 2.05) is 236 Å². The molecule has 32 nitrogen and oxygen atoms in total. The maximum Gasteiger partial charge on any atom is 0.229 e. The summed E-state index contributed by atoms with van der Waals surface area (Å²) in [5.74, 6) is 6.41. The van der Waals surface area contributed by atoms with E-state index >= 15 is 0 Å². The number of hydrogen-bond acceptors (Lipinski definition) is 34. The Balaban J connectivity index is 0.000000125. The van der Waals surface area contributed by atoms with Gasteiger partial charge in [0.15, 0.2) is 0 Å². The molecule has 0 unspecified atom stereocenters. The highest BCUT2D eigenvalue weighted by atomic mass is 35.5. The van der Waals surface area contributed by atoms with Crippen LogP contribution in [0.5, 0.6) is 0 Å². The smallest absolute Gasteiger partial charge is 0.229 e. The van der Waals surface area contributed by atoms with Gasteiger partial charge in [0.05, 0.1) is 16.1 Å². The Morgan fingerprint density at radius 1 is 0.276 bits per heavy atom. The lowest BCUT2D eigenvalue weighted by Gasteiger charge is -2.11. The normalized spacial score (nSPS) is 10.6. The Labute approximate surface area is 857 Å². The molecule has 14 heterocycles. The number of nitrogen functional groups attached to an aromatic ring is 5. The van der Waals surface area contributed by atoms with E-state index < -0.39 is 0 Å². The third kappa shape index (κ3) is 30.4. The fourth-order valence-corrected chi connectivity index (χ4v) is 17.8. The monoisotopic (exact) mass is 2010 g/mol. The minimum atomic E-state index is -0.310. The Hall–Kier alpha value is -17.8. The van der Waals surface area contributed by atoms with Gasteiger partial charge in [-0.05, 0) is 265 Å². The van der Waals surface area contributed by atoms with E-state index in [2.05, 4.69) is 215 Å². The number of rotatable bonds is 25. The number of para-hydroxylation sites is 1. The molecule has 0 saturated heterocycles. The van der Waals surface area contributed by atoms with Crippen molar-refractivity contribution in [1.82, 2.24) is 98.8 Å². The Morgan fingerprint density at radius 2 is 0.586 bits per heavy atom. The van der Waals surface area contributed by atoms with Crippen LogP contribution in [0.2, 0.25) is 5.02 Å². The minimum absolute atomic E-state index is 0.179. The summed E-state index contributed by atoms with van der Waals surface area (Å²) in [5.41, 5.74) is 45.1. The van der Waals surface area contributed by atoms with E-state index in [4.69, 9.17) is 40.3 Å². The Morgan fingerprint density at radius 3 is 0.979 bits per heavy atom. The summed E-state index contributed by atoms with van der Waals surface area (Å²) in [4.78, 5) is 81.3. The highest BCUT2D eigenvalue weighted by Gasteiger charge is 2.15. The van der Waals surface area contributed by atoms with E-state index in [0.717, 1.165) is 138 Å². The van der Waals surface area contributed by atoms with Gasteiger partial charge in [-0.1, -0.05) is 65.1 Å². The van der Waals surface area contributed by atoms with Crippen LogP contribution in [-0.2, 0) is 5.75 Å². The van der Waals surface area contributed by atoms with Crippen LogP contribution in [0.15, 0.2) is 394 Å². The SMILES string of the molecule is Cc1cc(Nc2ccc(SCc3ccncc3)cc2)nc(N)n1.Cc1cc(Nc2ccc(Sc3ccncc3)c(Cl)c2)nc(N)n1.Cc1cc(Nc2ccc(Sc3ccncc3)c(F)c2)nc(N)n1.Cc1cc(Nc2ccc(Sc3ccncc3)cc2)nc(N)n1.Cc1cc(Nc2ccc3c(ccn3-c3ccncc3)c2)nc(N)n1.Cc1cc(Nc2ccc3c(ccn3-c3ccncc3)c2)nc(Nc2ccccc2)n1. The lowest BCUT2D eigenvalue weighted by atomic mass is 10.2. The van der Waals surface area contributed by atoms with E-state index in [0.29, 0.717) is 50.6 Å². The highest BCUT2D eigenvalue weighted by molar-refractivity contribution is 8.00. The van der Waals surface area contributed by atoms with Gasteiger partial charge in [0, 0.05) is 259 Å². The first-order valence-electron chi connectivity index (χ1n) is 44.9. The molecule has 21 aromatic rings. The molecule has 38 heteroatoms. The van der Waals surface area contributed by atoms with Gasteiger partial charge in [-0.2, -0.15) is 29.9 Å². The number of nitrogens with one attached hydrogen (secondary N) is 7. The average molecular weight is 2010 g/mol. The quantitative estimate of drug-likeness (QED) is 0.0236. The molecule has 722 valence electrons. The zero-order valence-corrected chi connectivity index (χ0v) is 83.0. The molecule has 0 aliphatic heterocycles. The van der Waals surface area contributed by atoms with Crippen molar-refractivity contribution in [3.63, 3.8) is 0 Å². The van der Waals surface area contributed by atoms with Gasteiger partial charge in [0.2, 0.25) is 35.7 Å². The molecule has 0 bridgehead atoms. The number of nitrogens with two attached hydrogens (primary N) is 5. The summed E-state index contributed by atoms with van der Waals surface area (Å²) >= 11 is 12.8. The molecule has 0 amide bonds. The first kappa shape index (κ1) is 100. The van der Waals surface area contributed by atoms with Crippen molar-refractivity contribution in [3.05, 3.63) is 410 Å². The van der Waals surface area contributed by atoms with Crippen molar-refractivity contribution in [1.29, 1.82) is 0 Å². The second-order valence-corrected chi connectivity index (χ2v) is 36.7. The van der Waals surface area contributed by atoms with Crippen LogP contribution in [0.25, 0.3) is 33.2 Å². The molecule has 0 saturated carbocycles. The van der Waals surface area contributed by atoms with Crippen LogP contribution < -0.4 is 65.9 Å². The Bertz CT molecular complexity index is 7630.